The van der Waals surface area contributed by atoms with E-state index in [1.54, 1.807) is 41.5 Å². The molecule has 1 N–H and O–H groups in total. The molecule has 132 valence electrons. The van der Waals surface area contributed by atoms with Gasteiger partial charge < -0.3 is 19.7 Å². The van der Waals surface area contributed by atoms with Gasteiger partial charge in [-0.2, -0.15) is 0 Å². The van der Waals surface area contributed by atoms with Gasteiger partial charge in [-0.05, 0) is 48.0 Å². The molecule has 0 radical (unpaired) electrons. The molecule has 23 heavy (non-hydrogen) atoms. The number of nitrogens with one attached hydrogen (secondary N) is 1. The van der Waals surface area contributed by atoms with Crippen molar-refractivity contribution in [2.24, 2.45) is 5.92 Å². The monoisotopic (exact) mass is 328 g/mol. The van der Waals surface area contributed by atoms with Crippen molar-refractivity contribution in [1.29, 1.82) is 0 Å². The molecule has 1 aliphatic rings. The maximum atomic E-state index is 12.0. The molecule has 1 heterocycles. The lowest BCUT2D eigenvalue weighted by molar-refractivity contribution is -0.120. The Morgan fingerprint density at radius 2 is 1.70 bits per heavy atom. The fourth-order valence-corrected chi connectivity index (χ4v) is 2.13. The second-order valence-electron chi connectivity index (χ2n) is 7.74. The molecule has 1 atom stereocenters. The molecule has 7 heteroatoms. The van der Waals surface area contributed by atoms with Crippen LogP contribution in [-0.4, -0.2) is 53.7 Å². The Kier molecular flexibility index (Phi) is 6.02. The van der Waals surface area contributed by atoms with Crippen molar-refractivity contribution in [3.05, 3.63) is 0 Å². The van der Waals surface area contributed by atoms with E-state index in [-0.39, 0.29) is 18.2 Å². The van der Waals surface area contributed by atoms with E-state index in [9.17, 15) is 14.4 Å². The molecule has 1 saturated heterocycles. The first-order valence-corrected chi connectivity index (χ1v) is 7.85. The van der Waals surface area contributed by atoms with Gasteiger partial charge in [0.15, 0.2) is 5.78 Å². The maximum Gasteiger partial charge on any atom is 0.410 e. The molecule has 1 fully saturated rings. The summed E-state index contributed by atoms with van der Waals surface area (Å²) >= 11 is 0. The summed E-state index contributed by atoms with van der Waals surface area (Å²) in [7, 11) is 0. The minimum atomic E-state index is -0.587. The lowest BCUT2D eigenvalue weighted by Crippen LogP contribution is -2.36. The number of carbonyl (C=O) groups is 3. The van der Waals surface area contributed by atoms with Crippen LogP contribution in [0.5, 0.6) is 0 Å². The zero-order valence-electron chi connectivity index (χ0n) is 14.9. The number of hydrogen-bond donors (Lipinski definition) is 1. The molecule has 1 rings (SSSR count). The quantitative estimate of drug-likeness (QED) is 0.859. The van der Waals surface area contributed by atoms with Gasteiger partial charge in [0.25, 0.3) is 0 Å². The van der Waals surface area contributed by atoms with Crippen molar-refractivity contribution < 1.29 is 23.9 Å². The highest BCUT2D eigenvalue weighted by atomic mass is 16.6. The molecule has 1 unspecified atom stereocenters. The highest BCUT2D eigenvalue weighted by molar-refractivity contribution is 5.89. The first-order valence-electron chi connectivity index (χ1n) is 7.85. The molecule has 0 aliphatic carbocycles. The average Bonchev–Trinajstić information content (AvgIpc) is 2.66. The van der Waals surface area contributed by atoms with Crippen LogP contribution in [0.2, 0.25) is 0 Å². The summed E-state index contributed by atoms with van der Waals surface area (Å²) in [6.07, 6.45) is -0.516. The zero-order chi connectivity index (χ0) is 17.8. The lowest BCUT2D eigenvalue weighted by atomic mass is 10.0. The minimum absolute atomic E-state index is 0.0122. The normalized spacial score (nSPS) is 18.8. The van der Waals surface area contributed by atoms with Crippen molar-refractivity contribution in [3.8, 4) is 0 Å². The summed E-state index contributed by atoms with van der Waals surface area (Å²) in [5, 5.41) is 2.62. The van der Waals surface area contributed by atoms with Crippen LogP contribution in [0.4, 0.5) is 9.59 Å². The third-order valence-corrected chi connectivity index (χ3v) is 3.06. The summed E-state index contributed by atoms with van der Waals surface area (Å²) in [6, 6.07) is 0. The number of amides is 2. The second kappa shape index (κ2) is 7.19. The standard InChI is InChI=1S/C16H28N2O5/c1-15(2,3)22-13(20)17-8-7-11-9-18(10-12(11)19)14(21)23-16(4,5)6/h11H,7-10H2,1-6H3,(H,17,20). The fourth-order valence-electron chi connectivity index (χ4n) is 2.13. The Morgan fingerprint density at radius 3 is 2.22 bits per heavy atom. The summed E-state index contributed by atoms with van der Waals surface area (Å²) in [5.41, 5.74) is -1.14. The Labute approximate surface area is 137 Å². The van der Waals surface area contributed by atoms with Crippen molar-refractivity contribution in [1.82, 2.24) is 10.2 Å². The summed E-state index contributed by atoms with van der Waals surface area (Å²) in [4.78, 5) is 36.9. The maximum absolute atomic E-state index is 12.0. The second-order valence-corrected chi connectivity index (χ2v) is 7.74. The smallest absolute Gasteiger partial charge is 0.410 e. The van der Waals surface area contributed by atoms with Gasteiger partial charge in [-0.25, -0.2) is 9.59 Å². The van der Waals surface area contributed by atoms with E-state index in [2.05, 4.69) is 5.32 Å². The van der Waals surface area contributed by atoms with Gasteiger partial charge in [0, 0.05) is 19.0 Å². The van der Waals surface area contributed by atoms with Gasteiger partial charge in [0.05, 0.1) is 6.54 Å². The van der Waals surface area contributed by atoms with Gasteiger partial charge in [-0.1, -0.05) is 0 Å². The Morgan fingerprint density at radius 1 is 1.13 bits per heavy atom. The van der Waals surface area contributed by atoms with E-state index in [4.69, 9.17) is 9.47 Å². The van der Waals surface area contributed by atoms with Crippen LogP contribution in [0, 0.1) is 5.92 Å². The fraction of sp³-hybridized carbons (Fsp3) is 0.812. The Bertz CT molecular complexity index is 462. The predicted molar refractivity (Wildman–Crippen MR) is 85.2 cm³/mol. The van der Waals surface area contributed by atoms with E-state index >= 15 is 0 Å². The highest BCUT2D eigenvalue weighted by Crippen LogP contribution is 2.19. The molecule has 0 aromatic heterocycles. The number of carbonyl (C=O) groups excluding carboxylic acids is 3. The Balaban J connectivity index is 2.38. The molecule has 7 nitrogen and oxygen atoms in total. The van der Waals surface area contributed by atoms with E-state index in [0.717, 1.165) is 0 Å². The van der Waals surface area contributed by atoms with Gasteiger partial charge >= 0.3 is 12.2 Å². The van der Waals surface area contributed by atoms with Crippen LogP contribution >= 0.6 is 0 Å². The molecular formula is C16H28N2O5. The largest absolute Gasteiger partial charge is 0.444 e. The van der Waals surface area contributed by atoms with E-state index in [1.807, 2.05) is 0 Å². The molecule has 1 aliphatic heterocycles. The van der Waals surface area contributed by atoms with Crippen molar-refractivity contribution in [2.75, 3.05) is 19.6 Å². The zero-order valence-corrected chi connectivity index (χ0v) is 14.9. The molecule has 2 amide bonds. The van der Waals surface area contributed by atoms with E-state index in [0.29, 0.717) is 19.5 Å². The number of Topliss-reactive ketones (excluding diaryl/α,β-unsaturated/α-hetero) is 1. The number of nitrogens with zero attached hydrogens (tertiary/aromatic N) is 1. The van der Waals surface area contributed by atoms with Gasteiger partial charge in [-0.15, -0.1) is 0 Å². The van der Waals surface area contributed by atoms with Crippen LogP contribution < -0.4 is 5.32 Å². The molecule has 0 aromatic rings. The SMILES string of the molecule is CC(C)(C)OC(=O)NCCC1CN(C(=O)OC(C)(C)C)CC1=O. The number of rotatable bonds is 3. The molecule has 0 aromatic carbocycles. The van der Waals surface area contributed by atoms with Gasteiger partial charge in [0.1, 0.15) is 11.2 Å². The predicted octanol–water partition coefficient (Wildman–Crippen LogP) is 2.34. The first-order chi connectivity index (χ1) is 10.4. The topological polar surface area (TPSA) is 84.9 Å². The minimum Gasteiger partial charge on any atom is -0.444 e. The number of ketones is 1. The number of likely N-dealkylation sites (tertiary alicyclic amines) is 1. The molecular weight excluding hydrogens is 300 g/mol. The lowest BCUT2D eigenvalue weighted by Gasteiger charge is -2.24. The van der Waals surface area contributed by atoms with E-state index < -0.39 is 23.4 Å². The van der Waals surface area contributed by atoms with Gasteiger partial charge in [-0.3, -0.25) is 4.79 Å². The highest BCUT2D eigenvalue weighted by Gasteiger charge is 2.35. The summed E-state index contributed by atoms with van der Waals surface area (Å²) in [6.45, 7) is 11.4. The van der Waals surface area contributed by atoms with Gasteiger partial charge in [0.2, 0.25) is 0 Å². The third-order valence-electron chi connectivity index (χ3n) is 3.06. The first kappa shape index (κ1) is 19.3. The van der Waals surface area contributed by atoms with Crippen molar-refractivity contribution >= 4 is 18.0 Å². The van der Waals surface area contributed by atoms with Crippen molar-refractivity contribution in [3.63, 3.8) is 0 Å². The molecule has 0 spiro atoms. The Hall–Kier alpha value is -1.79. The summed E-state index contributed by atoms with van der Waals surface area (Å²) in [5.74, 6) is -0.292. The van der Waals surface area contributed by atoms with E-state index in [1.165, 1.54) is 4.90 Å². The number of hydrogen-bond acceptors (Lipinski definition) is 5. The van der Waals surface area contributed by atoms with Crippen LogP contribution in [0.1, 0.15) is 48.0 Å². The van der Waals surface area contributed by atoms with Crippen LogP contribution in [0.25, 0.3) is 0 Å². The van der Waals surface area contributed by atoms with Crippen LogP contribution in [0.3, 0.4) is 0 Å². The third kappa shape index (κ3) is 7.34. The number of alkyl carbamates (subject to hydrolysis) is 1. The van der Waals surface area contributed by atoms with Crippen molar-refractivity contribution in [2.45, 2.75) is 59.2 Å². The molecule has 0 saturated carbocycles. The van der Waals surface area contributed by atoms with Crippen LogP contribution in [-0.2, 0) is 14.3 Å². The van der Waals surface area contributed by atoms with Crippen LogP contribution in [0.15, 0.2) is 0 Å². The number of ether oxygens (including phenoxy) is 2. The summed E-state index contributed by atoms with van der Waals surface area (Å²) < 4.78 is 10.4. The molecule has 0 bridgehead atoms. The average molecular weight is 328 g/mol.